The molecule has 0 heterocycles. The van der Waals surface area contributed by atoms with Gasteiger partial charge in [-0.2, -0.15) is 0 Å². The first kappa shape index (κ1) is 11.2. The van der Waals surface area contributed by atoms with Gasteiger partial charge in [-0.1, -0.05) is 55.6 Å². The molecule has 0 radical (unpaired) electrons. The van der Waals surface area contributed by atoms with Crippen LogP contribution in [0.3, 0.4) is 0 Å². The number of para-hydroxylation sites is 1. The van der Waals surface area contributed by atoms with E-state index in [4.69, 9.17) is 4.74 Å². The molecule has 0 spiro atoms. The van der Waals surface area contributed by atoms with Gasteiger partial charge >= 0.3 is 0 Å². The van der Waals surface area contributed by atoms with Crippen molar-refractivity contribution in [2.45, 2.75) is 0 Å². The Hall–Kier alpha value is -2.28. The Kier molecular flexibility index (Phi) is 3.41. The van der Waals surface area contributed by atoms with E-state index in [-0.39, 0.29) is 0 Å². The summed E-state index contributed by atoms with van der Waals surface area (Å²) in [5.74, 6) is 1.61. The fourth-order valence-electron chi connectivity index (χ4n) is 1.66. The lowest BCUT2D eigenvalue weighted by atomic mass is 10.1. The largest absolute Gasteiger partial charge is 0.457 e. The molecule has 84 valence electrons. The smallest absolute Gasteiger partial charge is 0.135 e. The summed E-state index contributed by atoms with van der Waals surface area (Å²) in [6.45, 7) is 7.60. The Morgan fingerprint density at radius 1 is 0.824 bits per heavy atom. The molecule has 2 rings (SSSR count). The van der Waals surface area contributed by atoms with Crippen LogP contribution in [0.2, 0.25) is 0 Å². The number of hydrogen-bond acceptors (Lipinski definition) is 1. The summed E-state index contributed by atoms with van der Waals surface area (Å²) in [6.07, 6.45) is 3.59. The van der Waals surface area contributed by atoms with Crippen LogP contribution in [0.15, 0.2) is 61.7 Å². The van der Waals surface area contributed by atoms with Crippen molar-refractivity contribution in [1.82, 2.24) is 0 Å². The van der Waals surface area contributed by atoms with Crippen LogP contribution >= 0.6 is 0 Å². The SMILES string of the molecule is C=Cc1cccc(Oc2ccccc2)c1C=C. The molecular weight excluding hydrogens is 208 g/mol. The summed E-state index contributed by atoms with van der Waals surface area (Å²) < 4.78 is 5.82. The van der Waals surface area contributed by atoms with Gasteiger partial charge in [0.1, 0.15) is 11.5 Å². The van der Waals surface area contributed by atoms with Crippen LogP contribution < -0.4 is 4.74 Å². The van der Waals surface area contributed by atoms with E-state index in [1.807, 2.05) is 48.5 Å². The average molecular weight is 222 g/mol. The summed E-state index contributed by atoms with van der Waals surface area (Å²) in [4.78, 5) is 0. The van der Waals surface area contributed by atoms with Crippen molar-refractivity contribution < 1.29 is 4.74 Å². The molecule has 0 atom stereocenters. The number of rotatable bonds is 4. The second-order valence-electron chi connectivity index (χ2n) is 3.58. The fraction of sp³-hybridized carbons (Fsp3) is 0. The zero-order valence-electron chi connectivity index (χ0n) is 9.60. The molecule has 2 aromatic carbocycles. The molecule has 1 nitrogen and oxygen atoms in total. The molecule has 0 aliphatic heterocycles. The molecule has 0 fully saturated rings. The lowest BCUT2D eigenvalue weighted by Gasteiger charge is -2.10. The summed E-state index contributed by atoms with van der Waals surface area (Å²) in [6, 6.07) is 15.6. The van der Waals surface area contributed by atoms with E-state index in [0.717, 1.165) is 22.6 Å². The molecule has 0 aliphatic carbocycles. The standard InChI is InChI=1S/C16H14O/c1-3-13-9-8-12-16(15(13)4-2)17-14-10-6-5-7-11-14/h3-12H,1-2H2. The quantitative estimate of drug-likeness (QED) is 0.724. The Balaban J connectivity index is 2.39. The first-order valence-corrected chi connectivity index (χ1v) is 5.46. The fourth-order valence-corrected chi connectivity index (χ4v) is 1.66. The van der Waals surface area contributed by atoms with Gasteiger partial charge in [-0.25, -0.2) is 0 Å². The molecule has 0 saturated heterocycles. The van der Waals surface area contributed by atoms with Gasteiger partial charge in [0, 0.05) is 5.56 Å². The van der Waals surface area contributed by atoms with Crippen molar-refractivity contribution >= 4 is 12.2 Å². The van der Waals surface area contributed by atoms with E-state index in [0.29, 0.717) is 0 Å². The van der Waals surface area contributed by atoms with Crippen molar-refractivity contribution in [2.24, 2.45) is 0 Å². The molecular formula is C16H14O. The first-order valence-electron chi connectivity index (χ1n) is 5.46. The molecule has 0 amide bonds. The second kappa shape index (κ2) is 5.17. The van der Waals surface area contributed by atoms with Gasteiger partial charge in [0.2, 0.25) is 0 Å². The highest BCUT2D eigenvalue weighted by molar-refractivity contribution is 5.69. The minimum atomic E-state index is 0.795. The minimum absolute atomic E-state index is 0.795. The summed E-state index contributed by atoms with van der Waals surface area (Å²) in [7, 11) is 0. The predicted octanol–water partition coefficient (Wildman–Crippen LogP) is 4.76. The van der Waals surface area contributed by atoms with Crippen LogP contribution in [0.4, 0.5) is 0 Å². The van der Waals surface area contributed by atoms with Crippen LogP contribution in [0.5, 0.6) is 11.5 Å². The molecule has 0 aromatic heterocycles. The van der Waals surface area contributed by atoms with Crippen LogP contribution in [0.25, 0.3) is 12.2 Å². The van der Waals surface area contributed by atoms with Gasteiger partial charge in [-0.05, 0) is 23.8 Å². The Bertz CT molecular complexity index is 526. The number of ether oxygens (including phenoxy) is 1. The first-order chi connectivity index (χ1) is 8.35. The van der Waals surface area contributed by atoms with Crippen LogP contribution in [0.1, 0.15) is 11.1 Å². The van der Waals surface area contributed by atoms with Crippen molar-refractivity contribution in [3.05, 3.63) is 72.8 Å². The van der Waals surface area contributed by atoms with Gasteiger partial charge in [-0.15, -0.1) is 0 Å². The van der Waals surface area contributed by atoms with Gasteiger partial charge in [-0.3, -0.25) is 0 Å². The molecule has 0 aliphatic rings. The average Bonchev–Trinajstić information content (AvgIpc) is 2.39. The zero-order chi connectivity index (χ0) is 12.1. The van der Waals surface area contributed by atoms with Gasteiger partial charge in [0.05, 0.1) is 0 Å². The van der Waals surface area contributed by atoms with Gasteiger partial charge in [0.15, 0.2) is 0 Å². The van der Waals surface area contributed by atoms with E-state index < -0.39 is 0 Å². The molecule has 0 N–H and O–H groups in total. The summed E-state index contributed by atoms with van der Waals surface area (Å²) in [5, 5.41) is 0. The lowest BCUT2D eigenvalue weighted by molar-refractivity contribution is 0.481. The van der Waals surface area contributed by atoms with Crippen molar-refractivity contribution in [1.29, 1.82) is 0 Å². The normalized spacial score (nSPS) is 9.65. The predicted molar refractivity (Wildman–Crippen MR) is 73.1 cm³/mol. The highest BCUT2D eigenvalue weighted by Crippen LogP contribution is 2.28. The summed E-state index contributed by atoms with van der Waals surface area (Å²) >= 11 is 0. The van der Waals surface area contributed by atoms with Crippen molar-refractivity contribution in [3.8, 4) is 11.5 Å². The van der Waals surface area contributed by atoms with E-state index in [1.54, 1.807) is 12.2 Å². The Morgan fingerprint density at radius 2 is 1.59 bits per heavy atom. The van der Waals surface area contributed by atoms with E-state index in [9.17, 15) is 0 Å². The van der Waals surface area contributed by atoms with Crippen molar-refractivity contribution in [2.75, 3.05) is 0 Å². The molecule has 1 heteroatoms. The highest BCUT2D eigenvalue weighted by atomic mass is 16.5. The van der Waals surface area contributed by atoms with Gasteiger partial charge in [0.25, 0.3) is 0 Å². The number of hydrogen-bond donors (Lipinski definition) is 0. The maximum absolute atomic E-state index is 5.82. The molecule has 17 heavy (non-hydrogen) atoms. The van der Waals surface area contributed by atoms with E-state index in [1.165, 1.54) is 0 Å². The van der Waals surface area contributed by atoms with Crippen LogP contribution in [-0.4, -0.2) is 0 Å². The Morgan fingerprint density at radius 3 is 2.24 bits per heavy atom. The number of benzene rings is 2. The van der Waals surface area contributed by atoms with E-state index >= 15 is 0 Å². The third kappa shape index (κ3) is 2.45. The Labute approximate surface area is 102 Å². The third-order valence-corrected chi connectivity index (χ3v) is 2.49. The molecule has 0 unspecified atom stereocenters. The third-order valence-electron chi connectivity index (χ3n) is 2.49. The summed E-state index contributed by atoms with van der Waals surface area (Å²) in [5.41, 5.74) is 1.99. The monoisotopic (exact) mass is 222 g/mol. The van der Waals surface area contributed by atoms with Crippen LogP contribution in [-0.2, 0) is 0 Å². The minimum Gasteiger partial charge on any atom is -0.457 e. The molecule has 2 aromatic rings. The van der Waals surface area contributed by atoms with E-state index in [2.05, 4.69) is 13.2 Å². The maximum atomic E-state index is 5.82. The molecule has 0 saturated carbocycles. The molecule has 0 bridgehead atoms. The maximum Gasteiger partial charge on any atom is 0.135 e. The zero-order valence-corrected chi connectivity index (χ0v) is 9.60. The van der Waals surface area contributed by atoms with Gasteiger partial charge < -0.3 is 4.74 Å². The van der Waals surface area contributed by atoms with Crippen molar-refractivity contribution in [3.63, 3.8) is 0 Å². The highest BCUT2D eigenvalue weighted by Gasteiger charge is 2.04. The van der Waals surface area contributed by atoms with Crippen LogP contribution in [0, 0.1) is 0 Å². The lowest BCUT2D eigenvalue weighted by Crippen LogP contribution is -1.89. The topological polar surface area (TPSA) is 9.23 Å². The second-order valence-corrected chi connectivity index (χ2v) is 3.58.